The Hall–Kier alpha value is -0.990. The van der Waals surface area contributed by atoms with Crippen molar-refractivity contribution in [3.8, 4) is 0 Å². The fraction of sp³-hybridized carbons (Fsp3) is 0.625. The number of hydrogen-bond donors (Lipinski definition) is 1. The van der Waals surface area contributed by atoms with E-state index < -0.39 is 0 Å². The zero-order valence-electron chi connectivity index (χ0n) is 7.51. The third-order valence-electron chi connectivity index (χ3n) is 1.50. The van der Waals surface area contributed by atoms with E-state index in [2.05, 4.69) is 26.1 Å². The van der Waals surface area contributed by atoms with Gasteiger partial charge in [0.05, 0.1) is 0 Å². The van der Waals surface area contributed by atoms with Gasteiger partial charge in [-0.2, -0.15) is 0 Å². The molecule has 0 fully saturated rings. The Morgan fingerprint density at radius 1 is 1.45 bits per heavy atom. The smallest absolute Gasteiger partial charge is 0.243 e. The van der Waals surface area contributed by atoms with Crippen molar-refractivity contribution in [2.45, 2.75) is 26.3 Å². The molecule has 3 nitrogen and oxygen atoms in total. The molecule has 0 saturated heterocycles. The average molecular weight is 155 g/mol. The second kappa shape index (κ2) is 2.57. The van der Waals surface area contributed by atoms with Crippen LogP contribution in [-0.4, -0.2) is 7.05 Å². The normalized spacial score (nSPS) is 11.6. The lowest BCUT2D eigenvalue weighted by Crippen LogP contribution is -2.48. The summed E-state index contributed by atoms with van der Waals surface area (Å²) in [6.45, 7) is 6.28. The molecule has 0 aliphatic heterocycles. The van der Waals surface area contributed by atoms with Gasteiger partial charge in [-0.3, -0.25) is 0 Å². The maximum absolute atomic E-state index is 5.27. The Morgan fingerprint density at radius 2 is 2.09 bits per heavy atom. The van der Waals surface area contributed by atoms with Crippen LogP contribution in [0.3, 0.4) is 0 Å². The predicted molar refractivity (Wildman–Crippen MR) is 43.4 cm³/mol. The van der Waals surface area contributed by atoms with E-state index >= 15 is 0 Å². The van der Waals surface area contributed by atoms with Crippen LogP contribution in [0, 0.1) is 0 Å². The lowest BCUT2D eigenvalue weighted by molar-refractivity contribution is -0.906. The zero-order chi connectivity index (χ0) is 8.48. The summed E-state index contributed by atoms with van der Waals surface area (Å²) in [6.07, 6.45) is 3.64. The number of anilines is 1. The molecule has 1 rings (SSSR count). The van der Waals surface area contributed by atoms with Gasteiger partial charge in [0.1, 0.15) is 5.69 Å². The molecule has 0 unspecified atom stereocenters. The van der Waals surface area contributed by atoms with Crippen molar-refractivity contribution in [2.75, 3.05) is 12.4 Å². The lowest BCUT2D eigenvalue weighted by atomic mass is 10.1. The molecule has 0 bridgehead atoms. The first-order valence-corrected chi connectivity index (χ1v) is 3.73. The van der Waals surface area contributed by atoms with E-state index in [0.29, 0.717) is 0 Å². The molecule has 62 valence electrons. The maximum atomic E-state index is 5.27. The van der Waals surface area contributed by atoms with Gasteiger partial charge >= 0.3 is 0 Å². The van der Waals surface area contributed by atoms with E-state index in [1.807, 2.05) is 18.0 Å². The summed E-state index contributed by atoms with van der Waals surface area (Å²) < 4.78 is 7.09. The van der Waals surface area contributed by atoms with E-state index in [9.17, 15) is 0 Å². The first kappa shape index (κ1) is 8.11. The molecular formula is C8H15N2O+. The molecule has 0 amide bonds. The van der Waals surface area contributed by atoms with Crippen molar-refractivity contribution in [3.05, 3.63) is 12.5 Å². The van der Waals surface area contributed by atoms with Crippen LogP contribution in [0.1, 0.15) is 20.8 Å². The maximum Gasteiger partial charge on any atom is 0.243 e. The summed E-state index contributed by atoms with van der Waals surface area (Å²) >= 11 is 0. The molecule has 1 aromatic heterocycles. The first-order chi connectivity index (χ1) is 5.04. The van der Waals surface area contributed by atoms with Crippen LogP contribution >= 0.6 is 0 Å². The molecule has 1 aromatic rings. The van der Waals surface area contributed by atoms with Crippen LogP contribution in [0.4, 0.5) is 5.69 Å². The van der Waals surface area contributed by atoms with Crippen molar-refractivity contribution in [3.63, 3.8) is 0 Å². The molecule has 3 heteroatoms. The van der Waals surface area contributed by atoms with Crippen molar-refractivity contribution < 1.29 is 9.26 Å². The third-order valence-corrected chi connectivity index (χ3v) is 1.50. The highest BCUT2D eigenvalue weighted by molar-refractivity contribution is 5.33. The molecule has 0 aliphatic carbocycles. The Labute approximate surface area is 67.0 Å². The third kappa shape index (κ3) is 1.73. The highest BCUT2D eigenvalue weighted by Gasteiger charge is 2.26. The van der Waals surface area contributed by atoms with Gasteiger partial charge in [0.2, 0.25) is 11.7 Å². The molecular weight excluding hydrogens is 140 g/mol. The van der Waals surface area contributed by atoms with Crippen LogP contribution < -0.4 is 10.1 Å². The fourth-order valence-corrected chi connectivity index (χ4v) is 0.776. The molecule has 0 saturated carbocycles. The van der Waals surface area contributed by atoms with Gasteiger partial charge in [0.15, 0.2) is 6.26 Å². The second-order valence-electron chi connectivity index (χ2n) is 3.55. The minimum Gasteiger partial charge on any atom is -0.380 e. The average Bonchev–Trinajstić information content (AvgIpc) is 2.32. The first-order valence-electron chi connectivity index (χ1n) is 3.73. The highest BCUT2D eigenvalue weighted by atomic mass is 16.5. The minimum atomic E-state index is 0.0229. The van der Waals surface area contributed by atoms with Gasteiger partial charge < -0.3 is 5.32 Å². The predicted octanol–water partition coefficient (Wildman–Crippen LogP) is 1.36. The number of rotatable bonds is 1. The second-order valence-corrected chi connectivity index (χ2v) is 3.55. The Balaban J connectivity index is 2.89. The monoisotopic (exact) mass is 155 g/mol. The largest absolute Gasteiger partial charge is 0.380 e. The SMILES string of the molecule is CNc1co[n+](C(C)(C)C)c1. The Bertz CT molecular complexity index is 234. The van der Waals surface area contributed by atoms with Crippen LogP contribution in [-0.2, 0) is 5.54 Å². The van der Waals surface area contributed by atoms with Crippen molar-refractivity contribution in [1.29, 1.82) is 0 Å². The van der Waals surface area contributed by atoms with Gasteiger partial charge in [-0.25, -0.2) is 4.52 Å². The molecule has 0 radical (unpaired) electrons. The number of aromatic nitrogens is 1. The standard InChI is InChI=1S/C8H15N2O/c1-8(2,3)10-5-7(9-4)6-11-10/h5-6,9H,1-4H3/q+1. The Kier molecular flexibility index (Phi) is 1.89. The van der Waals surface area contributed by atoms with Gasteiger partial charge in [-0.1, -0.05) is 0 Å². The van der Waals surface area contributed by atoms with Crippen molar-refractivity contribution in [1.82, 2.24) is 0 Å². The van der Waals surface area contributed by atoms with E-state index in [1.165, 1.54) is 0 Å². The van der Waals surface area contributed by atoms with Gasteiger partial charge in [-0.15, -0.1) is 0 Å². The van der Waals surface area contributed by atoms with Crippen LogP contribution in [0.2, 0.25) is 0 Å². The molecule has 0 atom stereocenters. The van der Waals surface area contributed by atoms with Gasteiger partial charge in [-0.05, 0) is 4.74 Å². The molecule has 0 aromatic carbocycles. The number of nitrogens with one attached hydrogen (secondary N) is 1. The van der Waals surface area contributed by atoms with Gasteiger partial charge in [0.25, 0.3) is 0 Å². The van der Waals surface area contributed by atoms with E-state index in [-0.39, 0.29) is 5.54 Å². The zero-order valence-corrected chi connectivity index (χ0v) is 7.51. The van der Waals surface area contributed by atoms with Crippen molar-refractivity contribution >= 4 is 5.69 Å². The van der Waals surface area contributed by atoms with Gasteiger partial charge in [0, 0.05) is 27.8 Å². The minimum absolute atomic E-state index is 0.0229. The molecule has 11 heavy (non-hydrogen) atoms. The van der Waals surface area contributed by atoms with Crippen LogP contribution in [0.15, 0.2) is 17.0 Å². The Morgan fingerprint density at radius 3 is 2.36 bits per heavy atom. The summed E-state index contributed by atoms with van der Waals surface area (Å²) in [4.78, 5) is 0. The molecule has 0 spiro atoms. The highest BCUT2D eigenvalue weighted by Crippen LogP contribution is 2.08. The molecule has 1 N–H and O–H groups in total. The van der Waals surface area contributed by atoms with E-state index in [1.54, 1.807) is 6.26 Å². The lowest BCUT2D eigenvalue weighted by Gasteiger charge is -2.04. The van der Waals surface area contributed by atoms with Crippen molar-refractivity contribution in [2.24, 2.45) is 0 Å². The summed E-state index contributed by atoms with van der Waals surface area (Å²) in [5, 5.41) is 3.00. The van der Waals surface area contributed by atoms with Crippen LogP contribution in [0.25, 0.3) is 0 Å². The quantitative estimate of drug-likeness (QED) is 0.620. The van der Waals surface area contributed by atoms with E-state index in [4.69, 9.17) is 4.52 Å². The fourth-order valence-electron chi connectivity index (χ4n) is 0.776. The van der Waals surface area contributed by atoms with Crippen LogP contribution in [0.5, 0.6) is 0 Å². The summed E-state index contributed by atoms with van der Waals surface area (Å²) in [7, 11) is 1.87. The molecule has 1 heterocycles. The number of nitrogens with zero attached hydrogens (tertiary/aromatic N) is 1. The number of hydrogen-bond acceptors (Lipinski definition) is 2. The summed E-state index contributed by atoms with van der Waals surface area (Å²) in [5.41, 5.74) is 1.02. The summed E-state index contributed by atoms with van der Waals surface area (Å²) in [5.74, 6) is 0. The summed E-state index contributed by atoms with van der Waals surface area (Å²) in [6, 6.07) is 0. The molecule has 0 aliphatic rings. The topological polar surface area (TPSA) is 29.1 Å². The van der Waals surface area contributed by atoms with E-state index in [0.717, 1.165) is 5.69 Å².